The lowest BCUT2D eigenvalue weighted by atomic mass is 10.1. The van der Waals surface area contributed by atoms with Gasteiger partial charge in [0, 0.05) is 38.9 Å². The number of rotatable bonds is 4. The quantitative estimate of drug-likeness (QED) is 0.598. The number of ether oxygens (including phenoxy) is 2. The maximum Gasteiger partial charge on any atom is 0.266 e. The zero-order valence-electron chi connectivity index (χ0n) is 16.8. The molecule has 5 rings (SSSR count). The Morgan fingerprint density at radius 3 is 2.40 bits per heavy atom. The minimum absolute atomic E-state index is 0.0434. The first-order chi connectivity index (χ1) is 14.8. The molecule has 0 N–H and O–H groups in total. The topological polar surface area (TPSA) is 115 Å². The van der Waals surface area contributed by atoms with Crippen LogP contribution in [-0.4, -0.2) is 100 Å². The number of morpholine rings is 2. The molecule has 2 aromatic heterocycles. The van der Waals surface area contributed by atoms with E-state index in [2.05, 4.69) is 25.3 Å². The van der Waals surface area contributed by atoms with E-state index in [-0.39, 0.29) is 12.5 Å². The number of tetrazole rings is 1. The number of amides is 1. The maximum absolute atomic E-state index is 12.8. The molecule has 30 heavy (non-hydrogen) atoms. The molecule has 0 atom stereocenters. The molecule has 12 nitrogen and oxygen atoms in total. The third kappa shape index (κ3) is 4.05. The second kappa shape index (κ2) is 8.48. The van der Waals surface area contributed by atoms with Crippen molar-refractivity contribution in [2.24, 2.45) is 0 Å². The van der Waals surface area contributed by atoms with Gasteiger partial charge in [-0.25, -0.2) is 9.97 Å². The molecule has 0 bridgehead atoms. The first-order valence-electron chi connectivity index (χ1n) is 10.3. The standard InChI is InChI=1S/C18H25N9O3/c28-16(13-27-22-18(21-23-27)25-5-9-30-10-6-25)26-2-1-14-11-19-17(20-15(14)12-26)24-3-7-29-8-4-24/h11H,1-10,12-13H2. The van der Waals surface area contributed by atoms with Crippen molar-refractivity contribution >= 4 is 17.8 Å². The number of fused-ring (bicyclic) bond motifs is 1. The van der Waals surface area contributed by atoms with E-state index in [0.29, 0.717) is 51.4 Å². The molecule has 2 aromatic rings. The van der Waals surface area contributed by atoms with Gasteiger partial charge in [0.1, 0.15) is 6.54 Å². The van der Waals surface area contributed by atoms with E-state index in [9.17, 15) is 4.79 Å². The van der Waals surface area contributed by atoms with Crippen LogP contribution in [0.1, 0.15) is 11.3 Å². The zero-order valence-corrected chi connectivity index (χ0v) is 16.8. The fourth-order valence-electron chi connectivity index (χ4n) is 3.83. The summed E-state index contributed by atoms with van der Waals surface area (Å²) in [4.78, 5) is 29.4. The van der Waals surface area contributed by atoms with E-state index < -0.39 is 0 Å². The summed E-state index contributed by atoms with van der Waals surface area (Å²) in [5, 5.41) is 12.5. The molecule has 3 aliphatic rings. The number of carbonyl (C=O) groups excluding carboxylic acids is 1. The van der Waals surface area contributed by atoms with Gasteiger partial charge < -0.3 is 24.2 Å². The number of aromatic nitrogens is 6. The molecule has 0 saturated carbocycles. The van der Waals surface area contributed by atoms with E-state index in [0.717, 1.165) is 43.9 Å². The van der Waals surface area contributed by atoms with E-state index in [1.165, 1.54) is 4.80 Å². The number of hydrogen-bond donors (Lipinski definition) is 0. The van der Waals surface area contributed by atoms with Crippen molar-refractivity contribution in [3.05, 3.63) is 17.5 Å². The molecule has 12 heteroatoms. The summed E-state index contributed by atoms with van der Waals surface area (Å²) in [7, 11) is 0. The van der Waals surface area contributed by atoms with Gasteiger partial charge in [-0.15, -0.1) is 5.10 Å². The van der Waals surface area contributed by atoms with Crippen LogP contribution in [0.4, 0.5) is 11.9 Å². The van der Waals surface area contributed by atoms with Crippen LogP contribution in [0.2, 0.25) is 0 Å². The molecule has 3 aliphatic heterocycles. The Labute approximate surface area is 173 Å². The highest BCUT2D eigenvalue weighted by Gasteiger charge is 2.25. The minimum atomic E-state index is -0.0434. The first kappa shape index (κ1) is 19.1. The monoisotopic (exact) mass is 415 g/mol. The average molecular weight is 415 g/mol. The zero-order chi connectivity index (χ0) is 20.3. The maximum atomic E-state index is 12.8. The van der Waals surface area contributed by atoms with Crippen molar-refractivity contribution in [3.8, 4) is 0 Å². The van der Waals surface area contributed by atoms with Crippen LogP contribution in [0.3, 0.4) is 0 Å². The van der Waals surface area contributed by atoms with Gasteiger partial charge in [-0.1, -0.05) is 5.10 Å². The van der Waals surface area contributed by atoms with E-state index in [1.54, 1.807) is 4.90 Å². The van der Waals surface area contributed by atoms with E-state index in [4.69, 9.17) is 14.5 Å². The lowest BCUT2D eigenvalue weighted by Crippen LogP contribution is -2.40. The van der Waals surface area contributed by atoms with Gasteiger partial charge in [0.25, 0.3) is 5.95 Å². The molecular formula is C18H25N9O3. The minimum Gasteiger partial charge on any atom is -0.378 e. The summed E-state index contributed by atoms with van der Waals surface area (Å²) in [5.74, 6) is 1.20. The van der Waals surface area contributed by atoms with Crippen LogP contribution in [0.5, 0.6) is 0 Å². The Morgan fingerprint density at radius 2 is 1.67 bits per heavy atom. The van der Waals surface area contributed by atoms with Crippen LogP contribution in [0.25, 0.3) is 0 Å². The van der Waals surface area contributed by atoms with Gasteiger partial charge in [0.2, 0.25) is 11.9 Å². The van der Waals surface area contributed by atoms with Crippen molar-refractivity contribution in [2.75, 3.05) is 69.0 Å². The highest BCUT2D eigenvalue weighted by Crippen LogP contribution is 2.20. The fourth-order valence-corrected chi connectivity index (χ4v) is 3.83. The molecule has 0 aliphatic carbocycles. The third-order valence-corrected chi connectivity index (χ3v) is 5.59. The molecule has 0 aromatic carbocycles. The van der Waals surface area contributed by atoms with Gasteiger partial charge in [-0.05, 0) is 17.2 Å². The van der Waals surface area contributed by atoms with Gasteiger partial charge in [-0.2, -0.15) is 4.80 Å². The Kier molecular flexibility index (Phi) is 5.41. The number of anilines is 2. The predicted octanol–water partition coefficient (Wildman–Crippen LogP) is -1.28. The van der Waals surface area contributed by atoms with Gasteiger partial charge >= 0.3 is 0 Å². The van der Waals surface area contributed by atoms with Crippen molar-refractivity contribution in [1.29, 1.82) is 0 Å². The molecule has 2 saturated heterocycles. The third-order valence-electron chi connectivity index (χ3n) is 5.59. The fraction of sp³-hybridized carbons (Fsp3) is 0.667. The van der Waals surface area contributed by atoms with E-state index in [1.807, 2.05) is 11.1 Å². The highest BCUT2D eigenvalue weighted by atomic mass is 16.5. The summed E-state index contributed by atoms with van der Waals surface area (Å²) >= 11 is 0. The summed E-state index contributed by atoms with van der Waals surface area (Å²) in [6.07, 6.45) is 2.64. The van der Waals surface area contributed by atoms with Crippen molar-refractivity contribution in [1.82, 2.24) is 35.1 Å². The molecule has 5 heterocycles. The molecule has 0 spiro atoms. The Bertz CT molecular complexity index is 893. The lowest BCUT2D eigenvalue weighted by molar-refractivity contribution is -0.133. The van der Waals surface area contributed by atoms with Gasteiger partial charge in [0.05, 0.1) is 38.7 Å². The van der Waals surface area contributed by atoms with Crippen LogP contribution < -0.4 is 9.80 Å². The van der Waals surface area contributed by atoms with Crippen LogP contribution in [-0.2, 0) is 33.8 Å². The van der Waals surface area contributed by atoms with Gasteiger partial charge in [0.15, 0.2) is 0 Å². The van der Waals surface area contributed by atoms with E-state index >= 15 is 0 Å². The smallest absolute Gasteiger partial charge is 0.266 e. The average Bonchev–Trinajstić information content (AvgIpc) is 3.28. The van der Waals surface area contributed by atoms with Crippen LogP contribution >= 0.6 is 0 Å². The second-order valence-electron chi connectivity index (χ2n) is 7.53. The molecule has 160 valence electrons. The van der Waals surface area contributed by atoms with Crippen molar-refractivity contribution in [2.45, 2.75) is 19.5 Å². The van der Waals surface area contributed by atoms with Crippen molar-refractivity contribution in [3.63, 3.8) is 0 Å². The molecule has 0 unspecified atom stereocenters. The first-order valence-corrected chi connectivity index (χ1v) is 10.3. The number of nitrogens with zero attached hydrogens (tertiary/aromatic N) is 9. The SMILES string of the molecule is O=C(Cn1nnc(N2CCOCC2)n1)N1CCc2cnc(N3CCOCC3)nc2C1. The number of carbonyl (C=O) groups is 1. The predicted molar refractivity (Wildman–Crippen MR) is 105 cm³/mol. The molecule has 0 radical (unpaired) electrons. The summed E-state index contributed by atoms with van der Waals surface area (Å²) in [6.45, 7) is 6.86. The van der Waals surface area contributed by atoms with Crippen molar-refractivity contribution < 1.29 is 14.3 Å². The Hall–Kier alpha value is -2.86. The summed E-state index contributed by atoms with van der Waals surface area (Å²) < 4.78 is 10.7. The Balaban J connectivity index is 1.23. The highest BCUT2D eigenvalue weighted by molar-refractivity contribution is 5.76. The number of hydrogen-bond acceptors (Lipinski definition) is 10. The largest absolute Gasteiger partial charge is 0.378 e. The molecule has 2 fully saturated rings. The molecular weight excluding hydrogens is 390 g/mol. The summed E-state index contributed by atoms with van der Waals surface area (Å²) in [6, 6.07) is 0. The normalized spacial score (nSPS) is 19.7. The Morgan fingerprint density at radius 1 is 0.967 bits per heavy atom. The lowest BCUT2D eigenvalue weighted by Gasteiger charge is -2.30. The van der Waals surface area contributed by atoms with Crippen LogP contribution in [0, 0.1) is 0 Å². The van der Waals surface area contributed by atoms with Gasteiger partial charge in [-0.3, -0.25) is 4.79 Å². The second-order valence-corrected chi connectivity index (χ2v) is 7.53. The molecule has 1 amide bonds. The summed E-state index contributed by atoms with van der Waals surface area (Å²) in [5.41, 5.74) is 2.01. The van der Waals surface area contributed by atoms with Crippen LogP contribution in [0.15, 0.2) is 6.20 Å².